The molecule has 0 aliphatic carbocycles. The number of piperazine rings is 1. The van der Waals surface area contributed by atoms with Crippen LogP contribution in [0.5, 0.6) is 5.75 Å². The van der Waals surface area contributed by atoms with E-state index < -0.39 is 0 Å². The van der Waals surface area contributed by atoms with Gasteiger partial charge in [-0.1, -0.05) is 12.1 Å². The number of amides is 1. The van der Waals surface area contributed by atoms with E-state index in [4.69, 9.17) is 10.5 Å². The first kappa shape index (κ1) is 18.7. The number of nitrogens with two attached hydrogens (primary N) is 1. The van der Waals surface area contributed by atoms with Gasteiger partial charge in [-0.05, 0) is 31.5 Å². The molecule has 1 fully saturated rings. The van der Waals surface area contributed by atoms with Crippen molar-refractivity contribution >= 4 is 22.4 Å². The lowest BCUT2D eigenvalue weighted by Gasteiger charge is -2.34. The third-order valence-corrected chi connectivity index (χ3v) is 5.56. The van der Waals surface area contributed by atoms with Crippen LogP contribution in [-0.2, 0) is 17.8 Å². The maximum absolute atomic E-state index is 12.6. The van der Waals surface area contributed by atoms with Gasteiger partial charge >= 0.3 is 0 Å². The van der Waals surface area contributed by atoms with Crippen molar-refractivity contribution in [3.8, 4) is 5.75 Å². The van der Waals surface area contributed by atoms with E-state index in [2.05, 4.69) is 9.88 Å². The molecule has 0 saturated carbocycles. The van der Waals surface area contributed by atoms with E-state index in [-0.39, 0.29) is 5.91 Å². The fraction of sp³-hybridized carbons (Fsp3) is 0.474. The summed E-state index contributed by atoms with van der Waals surface area (Å²) in [5.41, 5.74) is 7.81. The smallest absolute Gasteiger partial charge is 0.227 e. The zero-order valence-electron chi connectivity index (χ0n) is 15.4. The molecule has 1 aromatic carbocycles. The first-order valence-electron chi connectivity index (χ1n) is 8.98. The SMILES string of the molecule is CCOc1ccc(CC(=O)N2CCN(Cc3sc(N)nc3C)CC2)cc1. The number of anilines is 1. The zero-order valence-corrected chi connectivity index (χ0v) is 16.2. The Bertz CT molecular complexity index is 736. The second-order valence-corrected chi connectivity index (χ2v) is 7.59. The molecule has 0 spiro atoms. The van der Waals surface area contributed by atoms with Gasteiger partial charge in [0.2, 0.25) is 5.91 Å². The summed E-state index contributed by atoms with van der Waals surface area (Å²) in [7, 11) is 0. The van der Waals surface area contributed by atoms with Crippen molar-refractivity contribution in [2.24, 2.45) is 0 Å². The van der Waals surface area contributed by atoms with Gasteiger partial charge in [-0.3, -0.25) is 9.69 Å². The van der Waals surface area contributed by atoms with Gasteiger partial charge in [-0.2, -0.15) is 0 Å². The van der Waals surface area contributed by atoms with Crippen LogP contribution in [0.3, 0.4) is 0 Å². The van der Waals surface area contributed by atoms with Crippen molar-refractivity contribution in [3.63, 3.8) is 0 Å². The summed E-state index contributed by atoms with van der Waals surface area (Å²) >= 11 is 1.56. The van der Waals surface area contributed by atoms with Crippen LogP contribution in [0.25, 0.3) is 0 Å². The summed E-state index contributed by atoms with van der Waals surface area (Å²) in [6.45, 7) is 8.77. The monoisotopic (exact) mass is 374 g/mol. The number of aromatic nitrogens is 1. The van der Waals surface area contributed by atoms with Gasteiger partial charge in [0.25, 0.3) is 0 Å². The van der Waals surface area contributed by atoms with Crippen LogP contribution in [0.2, 0.25) is 0 Å². The highest BCUT2D eigenvalue weighted by Crippen LogP contribution is 2.22. The molecular formula is C19H26N4O2S. The van der Waals surface area contributed by atoms with E-state index in [0.29, 0.717) is 18.2 Å². The number of hydrogen-bond acceptors (Lipinski definition) is 6. The van der Waals surface area contributed by atoms with E-state index >= 15 is 0 Å². The number of aryl methyl sites for hydroxylation is 1. The quantitative estimate of drug-likeness (QED) is 0.840. The van der Waals surface area contributed by atoms with Crippen LogP contribution in [0.1, 0.15) is 23.1 Å². The normalized spacial score (nSPS) is 15.2. The topological polar surface area (TPSA) is 71.7 Å². The number of nitrogen functional groups attached to an aromatic ring is 1. The molecule has 2 aromatic rings. The first-order chi connectivity index (χ1) is 12.5. The molecule has 0 radical (unpaired) electrons. The average Bonchev–Trinajstić information content (AvgIpc) is 2.94. The molecule has 0 atom stereocenters. The van der Waals surface area contributed by atoms with E-state index in [1.807, 2.05) is 43.0 Å². The Hall–Kier alpha value is -2.12. The molecule has 26 heavy (non-hydrogen) atoms. The summed E-state index contributed by atoms with van der Waals surface area (Å²) in [4.78, 5) is 22.4. The van der Waals surface area contributed by atoms with E-state index in [0.717, 1.165) is 49.7 Å². The average molecular weight is 375 g/mol. The number of ether oxygens (including phenoxy) is 1. The van der Waals surface area contributed by atoms with E-state index in [1.165, 1.54) is 4.88 Å². The van der Waals surface area contributed by atoms with Crippen molar-refractivity contribution < 1.29 is 9.53 Å². The molecule has 7 heteroatoms. The molecule has 1 aromatic heterocycles. The van der Waals surface area contributed by atoms with Crippen molar-refractivity contribution in [1.82, 2.24) is 14.8 Å². The molecule has 1 aliphatic rings. The molecule has 3 rings (SSSR count). The van der Waals surface area contributed by atoms with Gasteiger partial charge in [0, 0.05) is 37.6 Å². The van der Waals surface area contributed by atoms with Gasteiger partial charge in [-0.25, -0.2) is 4.98 Å². The van der Waals surface area contributed by atoms with Gasteiger partial charge in [0.15, 0.2) is 5.13 Å². The number of rotatable bonds is 6. The van der Waals surface area contributed by atoms with Crippen LogP contribution in [-0.4, -0.2) is 53.5 Å². The van der Waals surface area contributed by atoms with Gasteiger partial charge < -0.3 is 15.4 Å². The molecule has 1 aliphatic heterocycles. The number of carbonyl (C=O) groups excluding carboxylic acids is 1. The maximum atomic E-state index is 12.6. The lowest BCUT2D eigenvalue weighted by Crippen LogP contribution is -2.48. The molecule has 6 nitrogen and oxygen atoms in total. The predicted molar refractivity (Wildman–Crippen MR) is 104 cm³/mol. The Morgan fingerprint density at radius 2 is 1.92 bits per heavy atom. The van der Waals surface area contributed by atoms with Crippen LogP contribution in [0.15, 0.2) is 24.3 Å². The third kappa shape index (κ3) is 4.74. The molecule has 0 unspecified atom stereocenters. The predicted octanol–water partition coefficient (Wildman–Crippen LogP) is 2.32. The molecule has 2 heterocycles. The highest BCUT2D eigenvalue weighted by atomic mass is 32.1. The summed E-state index contributed by atoms with van der Waals surface area (Å²) in [5, 5.41) is 0.627. The first-order valence-corrected chi connectivity index (χ1v) is 9.80. The second kappa shape index (κ2) is 8.51. The minimum Gasteiger partial charge on any atom is -0.494 e. The Labute approximate surface area is 158 Å². The highest BCUT2D eigenvalue weighted by Gasteiger charge is 2.22. The lowest BCUT2D eigenvalue weighted by molar-refractivity contribution is -0.132. The highest BCUT2D eigenvalue weighted by molar-refractivity contribution is 7.15. The van der Waals surface area contributed by atoms with Gasteiger partial charge in [0.1, 0.15) is 5.75 Å². The summed E-state index contributed by atoms with van der Waals surface area (Å²) in [6, 6.07) is 7.78. The van der Waals surface area contributed by atoms with Crippen LogP contribution < -0.4 is 10.5 Å². The number of thiazole rings is 1. The van der Waals surface area contributed by atoms with Crippen LogP contribution in [0.4, 0.5) is 5.13 Å². The van der Waals surface area contributed by atoms with E-state index in [9.17, 15) is 4.79 Å². The Balaban J connectivity index is 1.48. The lowest BCUT2D eigenvalue weighted by atomic mass is 10.1. The number of hydrogen-bond donors (Lipinski definition) is 1. The molecule has 1 amide bonds. The van der Waals surface area contributed by atoms with Gasteiger partial charge in [0.05, 0.1) is 18.7 Å². The minimum atomic E-state index is 0.187. The van der Waals surface area contributed by atoms with Crippen LogP contribution >= 0.6 is 11.3 Å². The third-order valence-electron chi connectivity index (χ3n) is 4.59. The largest absolute Gasteiger partial charge is 0.494 e. The van der Waals surface area contributed by atoms with Crippen LogP contribution in [0, 0.1) is 6.92 Å². The summed E-state index contributed by atoms with van der Waals surface area (Å²) in [6.07, 6.45) is 0.441. The van der Waals surface area contributed by atoms with Crippen molar-refractivity contribution in [2.75, 3.05) is 38.5 Å². The maximum Gasteiger partial charge on any atom is 0.227 e. The molecule has 140 valence electrons. The minimum absolute atomic E-state index is 0.187. The standard InChI is InChI=1S/C19H26N4O2S/c1-3-25-16-6-4-15(5-7-16)12-18(24)23-10-8-22(9-11-23)13-17-14(2)21-19(20)26-17/h4-7H,3,8-13H2,1-2H3,(H2,20,21). The number of carbonyl (C=O) groups is 1. The zero-order chi connectivity index (χ0) is 18.5. The van der Waals surface area contributed by atoms with E-state index in [1.54, 1.807) is 11.3 Å². The molecule has 2 N–H and O–H groups in total. The Kier molecular flexibility index (Phi) is 6.11. The molecule has 1 saturated heterocycles. The van der Waals surface area contributed by atoms with Crippen molar-refractivity contribution in [3.05, 3.63) is 40.4 Å². The summed E-state index contributed by atoms with van der Waals surface area (Å²) < 4.78 is 5.44. The number of nitrogens with zero attached hydrogens (tertiary/aromatic N) is 3. The fourth-order valence-electron chi connectivity index (χ4n) is 3.11. The van der Waals surface area contributed by atoms with Gasteiger partial charge in [-0.15, -0.1) is 11.3 Å². The Morgan fingerprint density at radius 3 is 2.50 bits per heavy atom. The van der Waals surface area contributed by atoms with Crippen molar-refractivity contribution in [1.29, 1.82) is 0 Å². The Morgan fingerprint density at radius 1 is 1.23 bits per heavy atom. The molecule has 0 bridgehead atoms. The fourth-order valence-corrected chi connectivity index (χ4v) is 3.99. The van der Waals surface area contributed by atoms with Crippen molar-refractivity contribution in [2.45, 2.75) is 26.8 Å². The number of benzene rings is 1. The second-order valence-electron chi connectivity index (χ2n) is 6.47. The molecular weight excluding hydrogens is 348 g/mol. The summed E-state index contributed by atoms with van der Waals surface area (Å²) in [5.74, 6) is 1.03.